The molecule has 0 saturated heterocycles. The van der Waals surface area contributed by atoms with Crippen molar-refractivity contribution in [1.82, 2.24) is 5.32 Å². The Kier molecular flexibility index (Phi) is 6.69. The van der Waals surface area contributed by atoms with E-state index in [-0.39, 0.29) is 23.2 Å². The molecule has 9 heteroatoms. The average Bonchev–Trinajstić information content (AvgIpc) is 3.26. The lowest BCUT2D eigenvalue weighted by atomic mass is 10.2. The Morgan fingerprint density at radius 1 is 1.00 bits per heavy atom. The van der Waals surface area contributed by atoms with Crippen molar-refractivity contribution in [2.75, 3.05) is 24.7 Å². The quantitative estimate of drug-likeness (QED) is 0.464. The molecular weight excluding hydrogens is 444 g/mol. The smallest absolute Gasteiger partial charge is 0.261 e. The molecule has 1 aliphatic rings. The van der Waals surface area contributed by atoms with Gasteiger partial charge in [-0.05, 0) is 61.4 Å². The van der Waals surface area contributed by atoms with Gasteiger partial charge in [-0.3, -0.25) is 9.52 Å². The molecule has 8 nitrogen and oxygen atoms in total. The maximum atomic E-state index is 12.8. The zero-order chi connectivity index (χ0) is 23.3. The van der Waals surface area contributed by atoms with Crippen molar-refractivity contribution < 1.29 is 27.4 Å². The van der Waals surface area contributed by atoms with Crippen LogP contribution in [0.2, 0.25) is 0 Å². The first-order valence-corrected chi connectivity index (χ1v) is 11.9. The molecule has 0 fully saturated rings. The first-order chi connectivity index (χ1) is 15.9. The van der Waals surface area contributed by atoms with E-state index in [1.54, 1.807) is 24.3 Å². The Morgan fingerprint density at radius 3 is 2.67 bits per heavy atom. The average molecular weight is 469 g/mol. The van der Waals surface area contributed by atoms with Gasteiger partial charge in [0.05, 0.1) is 17.2 Å². The van der Waals surface area contributed by atoms with Crippen LogP contribution in [0.25, 0.3) is 0 Å². The van der Waals surface area contributed by atoms with E-state index >= 15 is 0 Å². The van der Waals surface area contributed by atoms with Crippen LogP contribution in [0.3, 0.4) is 0 Å². The van der Waals surface area contributed by atoms with Crippen molar-refractivity contribution in [3.8, 4) is 17.2 Å². The predicted octanol–water partition coefficient (Wildman–Crippen LogP) is 3.72. The normalized spacial score (nSPS) is 12.3. The summed E-state index contributed by atoms with van der Waals surface area (Å²) in [6.45, 7) is 2.95. The summed E-state index contributed by atoms with van der Waals surface area (Å²) in [6.07, 6.45) is 0.614. The monoisotopic (exact) mass is 468 g/mol. The summed E-state index contributed by atoms with van der Waals surface area (Å²) in [5.74, 6) is 1.45. The lowest BCUT2D eigenvalue weighted by Gasteiger charge is -2.11. The highest BCUT2D eigenvalue weighted by Crippen LogP contribution is 2.34. The second-order valence-electron chi connectivity index (χ2n) is 7.48. The van der Waals surface area contributed by atoms with Crippen LogP contribution in [-0.4, -0.2) is 34.3 Å². The van der Waals surface area contributed by atoms with Gasteiger partial charge in [-0.1, -0.05) is 18.2 Å². The van der Waals surface area contributed by atoms with Crippen molar-refractivity contribution in [3.05, 3.63) is 77.9 Å². The van der Waals surface area contributed by atoms with E-state index in [9.17, 15) is 13.2 Å². The van der Waals surface area contributed by atoms with Gasteiger partial charge in [-0.25, -0.2) is 8.42 Å². The van der Waals surface area contributed by atoms with Gasteiger partial charge in [0, 0.05) is 18.2 Å². The second kappa shape index (κ2) is 9.83. The Hall–Kier alpha value is -3.72. The van der Waals surface area contributed by atoms with Crippen molar-refractivity contribution in [2.24, 2.45) is 0 Å². The lowest BCUT2D eigenvalue weighted by Crippen LogP contribution is -2.26. The molecule has 1 heterocycles. The van der Waals surface area contributed by atoms with E-state index in [0.29, 0.717) is 36.8 Å². The molecule has 3 aromatic carbocycles. The summed E-state index contributed by atoms with van der Waals surface area (Å²) < 4.78 is 44.3. The first kappa shape index (κ1) is 22.5. The number of rotatable bonds is 9. The molecule has 0 unspecified atom stereocenters. The highest BCUT2D eigenvalue weighted by Gasteiger charge is 2.19. The van der Waals surface area contributed by atoms with Crippen LogP contribution < -0.4 is 24.2 Å². The van der Waals surface area contributed by atoms with Crippen LogP contribution in [0.4, 0.5) is 5.69 Å². The van der Waals surface area contributed by atoms with Gasteiger partial charge in [-0.15, -0.1) is 0 Å². The largest absolute Gasteiger partial charge is 0.494 e. The third-order valence-corrected chi connectivity index (χ3v) is 6.28. The van der Waals surface area contributed by atoms with Crippen molar-refractivity contribution in [2.45, 2.75) is 18.2 Å². The third-order valence-electron chi connectivity index (χ3n) is 4.90. The van der Waals surface area contributed by atoms with Crippen molar-refractivity contribution in [1.29, 1.82) is 0 Å². The Bertz CT molecular complexity index is 1260. The van der Waals surface area contributed by atoms with Gasteiger partial charge in [0.25, 0.3) is 15.9 Å². The minimum atomic E-state index is -3.90. The Balaban J connectivity index is 1.32. The summed E-state index contributed by atoms with van der Waals surface area (Å²) in [5.41, 5.74) is 1.70. The number of fused-ring (bicyclic) bond motifs is 1. The number of amides is 1. The zero-order valence-electron chi connectivity index (χ0n) is 18.0. The van der Waals surface area contributed by atoms with Crippen LogP contribution in [0, 0.1) is 6.92 Å². The van der Waals surface area contributed by atoms with Gasteiger partial charge >= 0.3 is 0 Å². The van der Waals surface area contributed by atoms with Crippen LogP contribution in [-0.2, 0) is 10.0 Å². The summed E-state index contributed by atoms with van der Waals surface area (Å²) >= 11 is 0. The van der Waals surface area contributed by atoms with E-state index in [0.717, 1.165) is 11.3 Å². The Morgan fingerprint density at radius 2 is 1.82 bits per heavy atom. The molecule has 4 rings (SSSR count). The molecule has 33 heavy (non-hydrogen) atoms. The fourth-order valence-corrected chi connectivity index (χ4v) is 4.34. The van der Waals surface area contributed by atoms with Gasteiger partial charge in [-0.2, -0.15) is 0 Å². The van der Waals surface area contributed by atoms with Crippen molar-refractivity contribution >= 4 is 21.6 Å². The van der Waals surface area contributed by atoms with Crippen molar-refractivity contribution in [3.63, 3.8) is 0 Å². The molecule has 0 spiro atoms. The van der Waals surface area contributed by atoms with E-state index < -0.39 is 10.0 Å². The number of carbonyl (C=O) groups excluding carboxylic acids is 1. The predicted molar refractivity (Wildman–Crippen MR) is 123 cm³/mol. The zero-order valence-corrected chi connectivity index (χ0v) is 18.9. The van der Waals surface area contributed by atoms with Crippen LogP contribution >= 0.6 is 0 Å². The fourth-order valence-electron chi connectivity index (χ4n) is 3.25. The molecule has 1 aliphatic heterocycles. The van der Waals surface area contributed by atoms with Crippen LogP contribution in [0.1, 0.15) is 22.3 Å². The number of carbonyl (C=O) groups is 1. The van der Waals surface area contributed by atoms with Crippen LogP contribution in [0.15, 0.2) is 71.6 Å². The number of sulfonamides is 1. The molecule has 172 valence electrons. The molecule has 2 N–H and O–H groups in total. The number of nitrogens with one attached hydrogen (secondary N) is 2. The number of anilines is 1. The second-order valence-corrected chi connectivity index (χ2v) is 9.16. The van der Waals surface area contributed by atoms with Gasteiger partial charge in [0.1, 0.15) is 5.75 Å². The molecule has 0 saturated carbocycles. The lowest BCUT2D eigenvalue weighted by molar-refractivity contribution is 0.0951. The van der Waals surface area contributed by atoms with E-state index in [1.165, 1.54) is 18.2 Å². The van der Waals surface area contributed by atoms with Gasteiger partial charge < -0.3 is 19.5 Å². The highest BCUT2D eigenvalue weighted by atomic mass is 32.2. The Labute approximate surface area is 192 Å². The number of aryl methyl sites for hydroxylation is 1. The highest BCUT2D eigenvalue weighted by molar-refractivity contribution is 7.92. The first-order valence-electron chi connectivity index (χ1n) is 10.4. The molecule has 3 aromatic rings. The molecule has 0 bridgehead atoms. The summed E-state index contributed by atoms with van der Waals surface area (Å²) in [7, 11) is -3.90. The summed E-state index contributed by atoms with van der Waals surface area (Å²) in [4.78, 5) is 12.5. The summed E-state index contributed by atoms with van der Waals surface area (Å²) in [5, 5.41) is 2.79. The maximum absolute atomic E-state index is 12.8. The van der Waals surface area contributed by atoms with Crippen LogP contribution in [0.5, 0.6) is 17.2 Å². The molecule has 1 amide bonds. The SMILES string of the molecule is Cc1cccc(OCCCNC(=O)c2cccc(S(=O)(=O)Nc3ccc4c(c3)OCO4)c2)c1. The number of ether oxygens (including phenoxy) is 3. The standard InChI is InChI=1S/C24H24N2O6S/c1-17-5-2-7-20(13-17)30-12-4-11-25-24(27)18-6-3-8-21(14-18)33(28,29)26-19-9-10-22-23(15-19)32-16-31-22/h2-3,5-10,13-15,26H,4,11-12,16H2,1H3,(H,25,27). The topological polar surface area (TPSA) is 103 Å². The maximum Gasteiger partial charge on any atom is 0.261 e. The molecule has 0 atom stereocenters. The molecule has 0 radical (unpaired) electrons. The number of hydrogen-bond donors (Lipinski definition) is 2. The van der Waals surface area contributed by atoms with E-state index in [4.69, 9.17) is 14.2 Å². The number of benzene rings is 3. The molecule has 0 aliphatic carbocycles. The minimum absolute atomic E-state index is 0.0180. The van der Waals surface area contributed by atoms with E-state index in [1.807, 2.05) is 31.2 Å². The minimum Gasteiger partial charge on any atom is -0.494 e. The van der Waals surface area contributed by atoms with Gasteiger partial charge in [0.2, 0.25) is 6.79 Å². The summed E-state index contributed by atoms with van der Waals surface area (Å²) in [6, 6.07) is 18.4. The third kappa shape index (κ3) is 5.75. The molecule has 0 aromatic heterocycles. The van der Waals surface area contributed by atoms with E-state index in [2.05, 4.69) is 10.0 Å². The van der Waals surface area contributed by atoms with Gasteiger partial charge in [0.15, 0.2) is 11.5 Å². The molecular formula is C24H24N2O6S. The number of hydrogen-bond acceptors (Lipinski definition) is 6. The fraction of sp³-hybridized carbons (Fsp3) is 0.208.